The van der Waals surface area contributed by atoms with Crippen LogP contribution in [0.4, 0.5) is 0 Å². The second-order valence-corrected chi connectivity index (χ2v) is 5.10. The highest BCUT2D eigenvalue weighted by Gasteiger charge is 2.13. The van der Waals surface area contributed by atoms with Gasteiger partial charge in [0, 0.05) is 0 Å². The van der Waals surface area contributed by atoms with Crippen LogP contribution in [0.5, 0.6) is 0 Å². The average Bonchev–Trinajstić information content (AvgIpc) is 2.48. The van der Waals surface area contributed by atoms with Gasteiger partial charge in [0.15, 0.2) is 5.69 Å². The lowest BCUT2D eigenvalue weighted by molar-refractivity contribution is 0.0933. The van der Waals surface area contributed by atoms with Crippen LogP contribution >= 0.6 is 0 Å². The highest BCUT2D eigenvalue weighted by Crippen LogP contribution is 2.13. The Morgan fingerprint density at radius 2 is 1.70 bits per heavy atom. The van der Waals surface area contributed by atoms with Crippen LogP contribution in [0, 0.1) is 0 Å². The standard InChI is InChI=1S/C16H19N3O/c1-11(2)14-9-10-15(19-18-14)16(20)17-12(3)13-7-5-4-6-8-13/h4-12H,1-3H3,(H,17,20). The Kier molecular flexibility index (Phi) is 4.45. The molecule has 1 unspecified atom stereocenters. The Labute approximate surface area is 119 Å². The van der Waals surface area contributed by atoms with Crippen LogP contribution in [0.25, 0.3) is 0 Å². The smallest absolute Gasteiger partial charge is 0.272 e. The lowest BCUT2D eigenvalue weighted by Gasteiger charge is -2.13. The van der Waals surface area contributed by atoms with Gasteiger partial charge in [-0.25, -0.2) is 0 Å². The minimum Gasteiger partial charge on any atom is -0.344 e. The van der Waals surface area contributed by atoms with Gasteiger partial charge in [-0.05, 0) is 30.5 Å². The van der Waals surface area contributed by atoms with Crippen LogP contribution in [0.1, 0.15) is 54.5 Å². The van der Waals surface area contributed by atoms with E-state index in [1.165, 1.54) is 0 Å². The number of carbonyl (C=O) groups is 1. The Bertz CT molecular complexity index is 564. The maximum atomic E-state index is 12.1. The number of nitrogens with zero attached hydrogens (tertiary/aromatic N) is 2. The van der Waals surface area contributed by atoms with E-state index in [1.807, 2.05) is 57.2 Å². The quantitative estimate of drug-likeness (QED) is 0.928. The summed E-state index contributed by atoms with van der Waals surface area (Å²) in [6.45, 7) is 6.03. The molecule has 1 atom stereocenters. The molecule has 1 amide bonds. The minimum absolute atomic E-state index is 0.0599. The van der Waals surface area contributed by atoms with E-state index in [9.17, 15) is 4.79 Å². The first-order valence-corrected chi connectivity index (χ1v) is 6.77. The maximum Gasteiger partial charge on any atom is 0.272 e. The van der Waals surface area contributed by atoms with Gasteiger partial charge in [-0.3, -0.25) is 4.79 Å². The molecule has 1 aromatic carbocycles. The molecule has 4 nitrogen and oxygen atoms in total. The number of carbonyl (C=O) groups excluding carboxylic acids is 1. The van der Waals surface area contributed by atoms with E-state index < -0.39 is 0 Å². The van der Waals surface area contributed by atoms with Gasteiger partial charge in [0.25, 0.3) is 5.91 Å². The third-order valence-corrected chi connectivity index (χ3v) is 3.16. The van der Waals surface area contributed by atoms with Crippen molar-refractivity contribution in [3.63, 3.8) is 0 Å². The maximum absolute atomic E-state index is 12.1. The van der Waals surface area contributed by atoms with Crippen LogP contribution < -0.4 is 5.32 Å². The molecular formula is C16H19N3O. The molecule has 1 N–H and O–H groups in total. The minimum atomic E-state index is -0.204. The normalized spacial score (nSPS) is 12.2. The Morgan fingerprint density at radius 3 is 2.25 bits per heavy atom. The van der Waals surface area contributed by atoms with Crippen LogP contribution in [-0.2, 0) is 0 Å². The lowest BCUT2D eigenvalue weighted by atomic mass is 10.1. The molecule has 0 saturated carbocycles. The van der Waals surface area contributed by atoms with Crippen LogP contribution in [-0.4, -0.2) is 16.1 Å². The van der Waals surface area contributed by atoms with Crippen molar-refractivity contribution < 1.29 is 4.79 Å². The number of hydrogen-bond donors (Lipinski definition) is 1. The second kappa shape index (κ2) is 6.28. The molecule has 0 spiro atoms. The van der Waals surface area contributed by atoms with Gasteiger partial charge >= 0.3 is 0 Å². The third-order valence-electron chi connectivity index (χ3n) is 3.16. The summed E-state index contributed by atoms with van der Waals surface area (Å²) in [5, 5.41) is 11.0. The zero-order chi connectivity index (χ0) is 14.5. The number of rotatable bonds is 4. The molecule has 0 bridgehead atoms. The first-order chi connectivity index (χ1) is 9.58. The molecule has 104 valence electrons. The van der Waals surface area contributed by atoms with Crippen molar-refractivity contribution in [1.29, 1.82) is 0 Å². The molecule has 0 aliphatic heterocycles. The largest absolute Gasteiger partial charge is 0.344 e. The molecule has 2 rings (SSSR count). The summed E-state index contributed by atoms with van der Waals surface area (Å²) in [6, 6.07) is 13.3. The first kappa shape index (κ1) is 14.2. The fourth-order valence-corrected chi connectivity index (χ4v) is 1.87. The molecule has 0 fully saturated rings. The van der Waals surface area contributed by atoms with Gasteiger partial charge in [0.2, 0.25) is 0 Å². The fraction of sp³-hybridized carbons (Fsp3) is 0.312. The highest BCUT2D eigenvalue weighted by molar-refractivity contribution is 5.92. The predicted molar refractivity (Wildman–Crippen MR) is 78.4 cm³/mol. The van der Waals surface area contributed by atoms with E-state index in [-0.39, 0.29) is 11.9 Å². The van der Waals surface area contributed by atoms with Crippen molar-refractivity contribution in [2.75, 3.05) is 0 Å². The average molecular weight is 269 g/mol. The highest BCUT2D eigenvalue weighted by atomic mass is 16.2. The van der Waals surface area contributed by atoms with Gasteiger partial charge in [-0.2, -0.15) is 5.10 Å². The van der Waals surface area contributed by atoms with Crippen LogP contribution in [0.15, 0.2) is 42.5 Å². The molecular weight excluding hydrogens is 250 g/mol. The monoisotopic (exact) mass is 269 g/mol. The summed E-state index contributed by atoms with van der Waals surface area (Å²) in [5.74, 6) is 0.104. The van der Waals surface area contributed by atoms with Gasteiger partial charge < -0.3 is 5.32 Å². The van der Waals surface area contributed by atoms with E-state index in [4.69, 9.17) is 0 Å². The summed E-state index contributed by atoms with van der Waals surface area (Å²) < 4.78 is 0. The number of hydrogen-bond acceptors (Lipinski definition) is 3. The molecule has 0 aliphatic rings. The number of nitrogens with one attached hydrogen (secondary N) is 1. The van der Waals surface area contributed by atoms with Gasteiger partial charge in [0.1, 0.15) is 0 Å². The number of amides is 1. The summed E-state index contributed by atoms with van der Waals surface area (Å²) >= 11 is 0. The summed E-state index contributed by atoms with van der Waals surface area (Å²) in [4.78, 5) is 12.1. The van der Waals surface area contributed by atoms with Crippen molar-refractivity contribution >= 4 is 5.91 Å². The zero-order valence-electron chi connectivity index (χ0n) is 12.0. The molecule has 0 saturated heterocycles. The van der Waals surface area contributed by atoms with Gasteiger partial charge in [-0.1, -0.05) is 44.2 Å². The molecule has 1 heterocycles. The van der Waals surface area contributed by atoms with Gasteiger partial charge in [0.05, 0.1) is 11.7 Å². The van der Waals surface area contributed by atoms with Crippen molar-refractivity contribution in [3.05, 3.63) is 59.4 Å². The fourth-order valence-electron chi connectivity index (χ4n) is 1.87. The van der Waals surface area contributed by atoms with Crippen LogP contribution in [0.2, 0.25) is 0 Å². The lowest BCUT2D eigenvalue weighted by Crippen LogP contribution is -2.27. The second-order valence-electron chi connectivity index (χ2n) is 5.10. The van der Waals surface area contributed by atoms with Crippen molar-refractivity contribution in [1.82, 2.24) is 15.5 Å². The Balaban J connectivity index is 2.05. The molecule has 2 aromatic rings. The van der Waals surface area contributed by atoms with Crippen LogP contribution in [0.3, 0.4) is 0 Å². The Morgan fingerprint density at radius 1 is 1.00 bits per heavy atom. The molecule has 0 radical (unpaired) electrons. The number of aromatic nitrogens is 2. The molecule has 4 heteroatoms. The van der Waals surface area contributed by atoms with E-state index in [0.717, 1.165) is 11.3 Å². The Hall–Kier alpha value is -2.23. The molecule has 0 aliphatic carbocycles. The predicted octanol–water partition coefficient (Wildman–Crippen LogP) is 3.09. The summed E-state index contributed by atoms with van der Waals surface area (Å²) in [7, 11) is 0. The summed E-state index contributed by atoms with van der Waals surface area (Å²) in [5.41, 5.74) is 2.29. The topological polar surface area (TPSA) is 54.9 Å². The molecule has 20 heavy (non-hydrogen) atoms. The van der Waals surface area contributed by atoms with E-state index >= 15 is 0 Å². The number of benzene rings is 1. The van der Waals surface area contributed by atoms with E-state index in [0.29, 0.717) is 11.6 Å². The van der Waals surface area contributed by atoms with E-state index in [1.54, 1.807) is 6.07 Å². The summed E-state index contributed by atoms with van der Waals surface area (Å²) in [6.07, 6.45) is 0. The van der Waals surface area contributed by atoms with Crippen molar-refractivity contribution in [2.45, 2.75) is 32.7 Å². The zero-order valence-corrected chi connectivity index (χ0v) is 12.0. The van der Waals surface area contributed by atoms with E-state index in [2.05, 4.69) is 15.5 Å². The first-order valence-electron chi connectivity index (χ1n) is 6.77. The third kappa shape index (κ3) is 3.41. The SMILES string of the molecule is CC(C)c1ccc(C(=O)NC(C)c2ccccc2)nn1. The van der Waals surface area contributed by atoms with Gasteiger partial charge in [-0.15, -0.1) is 5.10 Å². The molecule has 1 aromatic heterocycles. The van der Waals surface area contributed by atoms with Crippen molar-refractivity contribution in [3.8, 4) is 0 Å². The van der Waals surface area contributed by atoms with Crippen molar-refractivity contribution in [2.24, 2.45) is 0 Å².